The van der Waals surface area contributed by atoms with E-state index in [0.29, 0.717) is 40.8 Å². The van der Waals surface area contributed by atoms with E-state index in [9.17, 15) is 9.59 Å². The Morgan fingerprint density at radius 3 is 3.11 bits per heavy atom. The molecule has 0 aliphatic carbocycles. The van der Waals surface area contributed by atoms with Crippen molar-refractivity contribution in [3.63, 3.8) is 0 Å². The van der Waals surface area contributed by atoms with Crippen LogP contribution in [0.25, 0.3) is 10.9 Å². The quantitative estimate of drug-likeness (QED) is 0.434. The molecule has 8 heteroatoms. The van der Waals surface area contributed by atoms with Crippen LogP contribution >= 0.6 is 23.4 Å². The Kier molecular flexibility index (Phi) is 6.57. The van der Waals surface area contributed by atoms with Gasteiger partial charge >= 0.3 is 0 Å². The number of benzene rings is 1. The van der Waals surface area contributed by atoms with Crippen molar-refractivity contribution in [1.82, 2.24) is 14.9 Å². The Morgan fingerprint density at radius 1 is 1.59 bits per heavy atom. The largest absolute Gasteiger partial charge is 0.376 e. The van der Waals surface area contributed by atoms with Gasteiger partial charge in [0.15, 0.2) is 5.16 Å². The molecule has 1 saturated heterocycles. The minimum Gasteiger partial charge on any atom is -0.376 e. The molecule has 2 heterocycles. The third kappa shape index (κ3) is 4.72. The van der Waals surface area contributed by atoms with E-state index < -0.39 is 5.25 Å². The number of rotatable bonds is 7. The summed E-state index contributed by atoms with van der Waals surface area (Å²) in [6.07, 6.45) is 3.50. The van der Waals surface area contributed by atoms with Gasteiger partial charge in [0, 0.05) is 18.2 Å². The predicted octanol–water partition coefficient (Wildman–Crippen LogP) is 3.01. The molecule has 27 heavy (non-hydrogen) atoms. The lowest BCUT2D eigenvalue weighted by Gasteiger charge is -2.18. The van der Waals surface area contributed by atoms with Crippen LogP contribution in [0.1, 0.15) is 19.8 Å². The second kappa shape index (κ2) is 8.91. The van der Waals surface area contributed by atoms with E-state index in [0.717, 1.165) is 12.8 Å². The van der Waals surface area contributed by atoms with Gasteiger partial charge in [0.25, 0.3) is 5.56 Å². The molecule has 1 N–H and O–H groups in total. The summed E-state index contributed by atoms with van der Waals surface area (Å²) in [5.74, 6) is -0.135. The summed E-state index contributed by atoms with van der Waals surface area (Å²) in [5, 5.41) is 3.86. The average Bonchev–Trinajstić information content (AvgIpc) is 3.15. The second-order valence-corrected chi connectivity index (χ2v) is 8.14. The summed E-state index contributed by atoms with van der Waals surface area (Å²) in [7, 11) is 0. The van der Waals surface area contributed by atoms with Gasteiger partial charge < -0.3 is 10.1 Å². The van der Waals surface area contributed by atoms with Crippen molar-refractivity contribution in [2.45, 2.75) is 42.8 Å². The molecule has 1 aliphatic rings. The molecule has 1 fully saturated rings. The molecule has 1 aliphatic heterocycles. The standard InChI is InChI=1S/C19H22ClN3O3S/c1-3-8-21-17(24)12(2)27-19-22-16-10-13(20)6-7-15(16)18(25)23(19)11-14-5-4-9-26-14/h3,6-7,10,12,14H,1,4-5,8-9,11H2,2H3,(H,21,24)/t12-,14-/m0/s1. The lowest BCUT2D eigenvalue weighted by Crippen LogP contribution is -2.33. The lowest BCUT2D eigenvalue weighted by atomic mass is 10.2. The van der Waals surface area contributed by atoms with Crippen molar-refractivity contribution < 1.29 is 9.53 Å². The van der Waals surface area contributed by atoms with Crippen LogP contribution in [-0.4, -0.2) is 40.0 Å². The van der Waals surface area contributed by atoms with Gasteiger partial charge in [0.05, 0.1) is 28.8 Å². The van der Waals surface area contributed by atoms with Gasteiger partial charge in [0.1, 0.15) is 0 Å². The Hall–Kier alpha value is -1.83. The van der Waals surface area contributed by atoms with Crippen molar-refractivity contribution in [3.05, 3.63) is 46.2 Å². The number of fused-ring (bicyclic) bond motifs is 1. The number of nitrogens with one attached hydrogen (secondary N) is 1. The van der Waals surface area contributed by atoms with Gasteiger partial charge in [-0.3, -0.25) is 14.2 Å². The Balaban J connectivity index is 1.98. The Bertz CT molecular complexity index is 909. The minimum atomic E-state index is -0.413. The van der Waals surface area contributed by atoms with Crippen LogP contribution < -0.4 is 10.9 Å². The first-order valence-corrected chi connectivity index (χ1v) is 10.1. The SMILES string of the molecule is C=CCNC(=O)[C@H](C)Sc1nc2cc(Cl)ccc2c(=O)n1C[C@@H]1CCCO1. The molecule has 0 saturated carbocycles. The fourth-order valence-electron chi connectivity index (χ4n) is 2.94. The summed E-state index contributed by atoms with van der Waals surface area (Å²) < 4.78 is 7.31. The van der Waals surface area contributed by atoms with E-state index in [1.54, 1.807) is 35.8 Å². The number of ether oxygens (including phenoxy) is 1. The van der Waals surface area contributed by atoms with E-state index >= 15 is 0 Å². The molecule has 3 rings (SSSR count). The van der Waals surface area contributed by atoms with Crippen molar-refractivity contribution in [3.8, 4) is 0 Å². The highest BCUT2D eigenvalue weighted by molar-refractivity contribution is 8.00. The fourth-order valence-corrected chi connectivity index (χ4v) is 4.05. The van der Waals surface area contributed by atoms with Crippen LogP contribution in [0, 0.1) is 0 Å². The van der Waals surface area contributed by atoms with Crippen molar-refractivity contribution in [2.75, 3.05) is 13.2 Å². The highest BCUT2D eigenvalue weighted by atomic mass is 35.5. The molecule has 1 aromatic heterocycles. The van der Waals surface area contributed by atoms with Gasteiger partial charge in [-0.15, -0.1) is 6.58 Å². The summed E-state index contributed by atoms with van der Waals surface area (Å²) in [6.45, 7) is 6.91. The number of aromatic nitrogens is 2. The van der Waals surface area contributed by atoms with Crippen molar-refractivity contribution in [1.29, 1.82) is 0 Å². The van der Waals surface area contributed by atoms with Crippen LogP contribution in [0.15, 0.2) is 40.8 Å². The highest BCUT2D eigenvalue weighted by Gasteiger charge is 2.23. The van der Waals surface area contributed by atoms with Crippen LogP contribution in [-0.2, 0) is 16.1 Å². The number of carbonyl (C=O) groups excluding carboxylic acids is 1. The smallest absolute Gasteiger partial charge is 0.262 e. The third-order valence-electron chi connectivity index (χ3n) is 4.36. The average molecular weight is 408 g/mol. The lowest BCUT2D eigenvalue weighted by molar-refractivity contribution is -0.120. The summed E-state index contributed by atoms with van der Waals surface area (Å²) in [5.41, 5.74) is 0.380. The summed E-state index contributed by atoms with van der Waals surface area (Å²) in [4.78, 5) is 29.9. The molecule has 144 valence electrons. The van der Waals surface area contributed by atoms with E-state index in [4.69, 9.17) is 16.3 Å². The predicted molar refractivity (Wildman–Crippen MR) is 109 cm³/mol. The van der Waals surface area contributed by atoms with Gasteiger partial charge in [-0.2, -0.15) is 0 Å². The number of amides is 1. The number of halogens is 1. The maximum absolute atomic E-state index is 13.1. The van der Waals surface area contributed by atoms with E-state index in [2.05, 4.69) is 16.9 Å². The van der Waals surface area contributed by atoms with Gasteiger partial charge in [0.2, 0.25) is 5.91 Å². The van der Waals surface area contributed by atoms with Crippen LogP contribution in [0.5, 0.6) is 0 Å². The molecular weight excluding hydrogens is 386 g/mol. The first-order chi connectivity index (χ1) is 13.0. The number of hydrogen-bond donors (Lipinski definition) is 1. The van der Waals surface area contributed by atoms with Crippen LogP contribution in [0.2, 0.25) is 5.02 Å². The number of nitrogens with zero attached hydrogens (tertiary/aromatic N) is 2. The first kappa shape index (κ1) is 19.9. The second-order valence-electron chi connectivity index (χ2n) is 6.40. The zero-order valence-electron chi connectivity index (χ0n) is 15.1. The monoisotopic (exact) mass is 407 g/mol. The van der Waals surface area contributed by atoms with E-state index in [-0.39, 0.29) is 17.6 Å². The van der Waals surface area contributed by atoms with Crippen LogP contribution in [0.3, 0.4) is 0 Å². The Labute approximate surface area is 166 Å². The molecule has 1 aromatic carbocycles. The zero-order chi connectivity index (χ0) is 19.4. The fraction of sp³-hybridized carbons (Fsp3) is 0.421. The molecule has 0 spiro atoms. The molecule has 1 amide bonds. The summed E-state index contributed by atoms with van der Waals surface area (Å²) >= 11 is 7.32. The maximum atomic E-state index is 13.1. The van der Waals surface area contributed by atoms with Gasteiger partial charge in [-0.25, -0.2) is 4.98 Å². The topological polar surface area (TPSA) is 73.2 Å². The molecular formula is C19H22ClN3O3S. The van der Waals surface area contributed by atoms with Gasteiger partial charge in [-0.05, 0) is 38.0 Å². The Morgan fingerprint density at radius 2 is 2.41 bits per heavy atom. The van der Waals surface area contributed by atoms with E-state index in [1.807, 2.05) is 0 Å². The van der Waals surface area contributed by atoms with Crippen molar-refractivity contribution >= 4 is 40.2 Å². The maximum Gasteiger partial charge on any atom is 0.262 e. The molecule has 0 unspecified atom stereocenters. The highest BCUT2D eigenvalue weighted by Crippen LogP contribution is 2.25. The molecule has 6 nitrogen and oxygen atoms in total. The number of hydrogen-bond acceptors (Lipinski definition) is 5. The minimum absolute atomic E-state index is 0.0153. The zero-order valence-corrected chi connectivity index (χ0v) is 16.7. The van der Waals surface area contributed by atoms with E-state index in [1.165, 1.54) is 11.8 Å². The molecule has 0 radical (unpaired) electrons. The molecule has 2 aromatic rings. The molecule has 0 bridgehead atoms. The first-order valence-electron chi connectivity index (χ1n) is 8.86. The third-order valence-corrected chi connectivity index (χ3v) is 5.69. The van der Waals surface area contributed by atoms with Crippen LogP contribution in [0.4, 0.5) is 0 Å². The normalized spacial score (nSPS) is 17.8. The number of carbonyl (C=O) groups is 1. The van der Waals surface area contributed by atoms with Gasteiger partial charge in [-0.1, -0.05) is 29.4 Å². The van der Waals surface area contributed by atoms with Crippen molar-refractivity contribution in [2.24, 2.45) is 0 Å². The summed E-state index contributed by atoms with van der Waals surface area (Å²) in [6, 6.07) is 5.04. The number of thioether (sulfide) groups is 1. The molecule has 2 atom stereocenters.